The zero-order chi connectivity index (χ0) is 23.5. The molecule has 3 aromatic carbocycles. The maximum absolute atomic E-state index is 13.2. The van der Waals surface area contributed by atoms with Crippen molar-refractivity contribution < 1.29 is 19.1 Å². The summed E-state index contributed by atoms with van der Waals surface area (Å²) in [5, 5.41) is 3.30. The van der Waals surface area contributed by atoms with E-state index < -0.39 is 0 Å². The lowest BCUT2D eigenvalue weighted by Gasteiger charge is -2.23. The molecule has 2 saturated carbocycles. The highest BCUT2D eigenvalue weighted by molar-refractivity contribution is 6.13. The molecule has 5 rings (SSSR count). The molecule has 0 amide bonds. The van der Waals surface area contributed by atoms with Gasteiger partial charge in [-0.15, -0.1) is 0 Å². The van der Waals surface area contributed by atoms with Crippen LogP contribution in [0.25, 0.3) is 21.5 Å². The Hall–Kier alpha value is -2.88. The molecule has 2 fully saturated rings. The zero-order valence-corrected chi connectivity index (χ0v) is 20.1. The summed E-state index contributed by atoms with van der Waals surface area (Å²) in [6, 6.07) is 14.0. The number of rotatable bonds is 5. The molecule has 34 heavy (non-hydrogen) atoms. The quantitative estimate of drug-likeness (QED) is 0.225. The molecule has 0 spiro atoms. The first-order valence-electron chi connectivity index (χ1n) is 13.1. The first kappa shape index (κ1) is 22.9. The smallest absolute Gasteiger partial charge is 0.314 e. The molecular weight excluding hydrogens is 424 g/mol. The SMILES string of the molecule is CCc1ccc2c(OC(=O)C3CCCCC3)c3ccccc3c(OC(=O)C3CCCCC3)c2c1. The van der Waals surface area contributed by atoms with E-state index in [4.69, 9.17) is 9.47 Å². The molecule has 0 saturated heterocycles. The second kappa shape index (κ2) is 10.2. The summed E-state index contributed by atoms with van der Waals surface area (Å²) in [6.45, 7) is 2.11. The number of esters is 2. The lowest BCUT2D eigenvalue weighted by Crippen LogP contribution is -2.23. The van der Waals surface area contributed by atoms with Crippen LogP contribution in [0, 0.1) is 11.8 Å². The van der Waals surface area contributed by atoms with Gasteiger partial charge in [0.1, 0.15) is 11.5 Å². The first-order chi connectivity index (χ1) is 16.7. The van der Waals surface area contributed by atoms with E-state index >= 15 is 0 Å². The van der Waals surface area contributed by atoms with Gasteiger partial charge in [-0.05, 0) is 43.7 Å². The summed E-state index contributed by atoms with van der Waals surface area (Å²) in [6.07, 6.45) is 11.2. The minimum absolute atomic E-state index is 0.0405. The molecule has 0 aromatic heterocycles. The Kier molecular flexibility index (Phi) is 6.85. The fourth-order valence-corrected chi connectivity index (χ4v) is 5.63. The third-order valence-electron chi connectivity index (χ3n) is 7.68. The number of aryl methyl sites for hydroxylation is 1. The predicted octanol–water partition coefficient (Wildman–Crippen LogP) is 7.53. The topological polar surface area (TPSA) is 52.6 Å². The molecule has 2 aliphatic rings. The molecule has 0 N–H and O–H groups in total. The Morgan fingerprint density at radius 3 is 1.65 bits per heavy atom. The average Bonchev–Trinajstić information content (AvgIpc) is 2.90. The van der Waals surface area contributed by atoms with Crippen molar-refractivity contribution in [1.29, 1.82) is 0 Å². The van der Waals surface area contributed by atoms with E-state index in [1.54, 1.807) is 0 Å². The number of hydrogen-bond acceptors (Lipinski definition) is 4. The van der Waals surface area contributed by atoms with Crippen LogP contribution in [0.1, 0.15) is 76.7 Å². The molecule has 4 nitrogen and oxygen atoms in total. The highest BCUT2D eigenvalue weighted by Gasteiger charge is 2.28. The van der Waals surface area contributed by atoms with Gasteiger partial charge in [-0.25, -0.2) is 0 Å². The van der Waals surface area contributed by atoms with Gasteiger partial charge in [-0.2, -0.15) is 0 Å². The lowest BCUT2D eigenvalue weighted by atomic mass is 9.89. The monoisotopic (exact) mass is 458 g/mol. The van der Waals surface area contributed by atoms with Gasteiger partial charge in [0.25, 0.3) is 0 Å². The summed E-state index contributed by atoms with van der Waals surface area (Å²) in [4.78, 5) is 26.3. The Balaban J connectivity index is 1.62. The van der Waals surface area contributed by atoms with Crippen LogP contribution in [-0.2, 0) is 16.0 Å². The van der Waals surface area contributed by atoms with Crippen molar-refractivity contribution in [3.05, 3.63) is 48.0 Å². The average molecular weight is 459 g/mol. The third kappa shape index (κ3) is 4.55. The second-order valence-electron chi connectivity index (χ2n) is 9.95. The van der Waals surface area contributed by atoms with Crippen LogP contribution in [0.5, 0.6) is 11.5 Å². The maximum Gasteiger partial charge on any atom is 0.314 e. The largest absolute Gasteiger partial charge is 0.425 e. The molecule has 0 aliphatic heterocycles. The van der Waals surface area contributed by atoms with Crippen LogP contribution in [0.3, 0.4) is 0 Å². The highest BCUT2D eigenvalue weighted by Crippen LogP contribution is 2.44. The number of carbonyl (C=O) groups excluding carboxylic acids is 2. The molecule has 0 radical (unpaired) electrons. The summed E-state index contributed by atoms with van der Waals surface area (Å²) in [5.74, 6) is 0.815. The molecule has 3 aromatic rings. The summed E-state index contributed by atoms with van der Waals surface area (Å²) in [7, 11) is 0. The van der Waals surface area contributed by atoms with Gasteiger partial charge in [0.2, 0.25) is 0 Å². The maximum atomic E-state index is 13.2. The highest BCUT2D eigenvalue weighted by atomic mass is 16.5. The molecule has 0 atom stereocenters. The van der Waals surface area contributed by atoms with Crippen molar-refractivity contribution in [1.82, 2.24) is 0 Å². The van der Waals surface area contributed by atoms with Gasteiger partial charge >= 0.3 is 11.9 Å². The summed E-state index contributed by atoms with van der Waals surface area (Å²) < 4.78 is 12.3. The van der Waals surface area contributed by atoms with Gasteiger partial charge in [0.05, 0.1) is 11.8 Å². The fourth-order valence-electron chi connectivity index (χ4n) is 5.63. The zero-order valence-electron chi connectivity index (χ0n) is 20.1. The van der Waals surface area contributed by atoms with E-state index in [-0.39, 0.29) is 23.8 Å². The number of benzene rings is 3. The van der Waals surface area contributed by atoms with Crippen molar-refractivity contribution in [2.24, 2.45) is 11.8 Å². The first-order valence-corrected chi connectivity index (χ1v) is 13.1. The third-order valence-corrected chi connectivity index (χ3v) is 7.68. The number of fused-ring (bicyclic) bond motifs is 2. The van der Waals surface area contributed by atoms with Crippen LogP contribution < -0.4 is 9.47 Å². The van der Waals surface area contributed by atoms with E-state index in [0.717, 1.165) is 84.9 Å². The van der Waals surface area contributed by atoms with Crippen LogP contribution in [-0.4, -0.2) is 11.9 Å². The van der Waals surface area contributed by atoms with Crippen LogP contribution in [0.15, 0.2) is 42.5 Å². The summed E-state index contributed by atoms with van der Waals surface area (Å²) in [5.41, 5.74) is 1.15. The minimum atomic E-state index is -0.141. The van der Waals surface area contributed by atoms with Crippen molar-refractivity contribution in [3.8, 4) is 11.5 Å². The van der Waals surface area contributed by atoms with Gasteiger partial charge in [0, 0.05) is 21.5 Å². The Morgan fingerprint density at radius 2 is 1.15 bits per heavy atom. The van der Waals surface area contributed by atoms with Crippen LogP contribution in [0.4, 0.5) is 0 Å². The number of hydrogen-bond donors (Lipinski definition) is 0. The fraction of sp³-hybridized carbons (Fsp3) is 0.467. The van der Waals surface area contributed by atoms with Crippen LogP contribution >= 0.6 is 0 Å². The molecule has 4 heteroatoms. The van der Waals surface area contributed by atoms with Crippen molar-refractivity contribution in [2.75, 3.05) is 0 Å². The van der Waals surface area contributed by atoms with E-state index in [0.29, 0.717) is 11.5 Å². The molecular formula is C30H34O4. The molecule has 0 bridgehead atoms. The summed E-state index contributed by atoms with van der Waals surface area (Å²) >= 11 is 0. The normalized spacial score (nSPS) is 17.7. The molecule has 0 heterocycles. The molecule has 178 valence electrons. The minimum Gasteiger partial charge on any atom is -0.425 e. The van der Waals surface area contributed by atoms with Crippen molar-refractivity contribution in [3.63, 3.8) is 0 Å². The predicted molar refractivity (Wildman–Crippen MR) is 135 cm³/mol. The van der Waals surface area contributed by atoms with Gasteiger partial charge in [0.15, 0.2) is 0 Å². The van der Waals surface area contributed by atoms with Gasteiger partial charge < -0.3 is 9.47 Å². The molecule has 0 unspecified atom stereocenters. The standard InChI is InChI=1S/C30H34O4/c1-2-20-17-18-25-26(19-20)28(34-30(32)22-13-7-4-8-14-22)24-16-10-9-15-23(24)27(25)33-29(31)21-11-5-3-6-12-21/h9-10,15-19,21-22H,2-8,11-14H2,1H3. The van der Waals surface area contributed by atoms with E-state index in [9.17, 15) is 9.59 Å². The molecule has 2 aliphatic carbocycles. The lowest BCUT2D eigenvalue weighted by molar-refractivity contribution is -0.140. The van der Waals surface area contributed by atoms with Gasteiger partial charge in [-0.3, -0.25) is 9.59 Å². The Bertz CT molecular complexity index is 1200. The second-order valence-corrected chi connectivity index (χ2v) is 9.95. The van der Waals surface area contributed by atoms with Crippen molar-refractivity contribution in [2.45, 2.75) is 77.6 Å². The Morgan fingerprint density at radius 1 is 0.676 bits per heavy atom. The van der Waals surface area contributed by atoms with Gasteiger partial charge in [-0.1, -0.05) is 81.8 Å². The number of ether oxygens (including phenoxy) is 2. The van der Waals surface area contributed by atoms with E-state index in [1.165, 1.54) is 12.8 Å². The Labute approximate surface area is 201 Å². The van der Waals surface area contributed by atoms with Crippen LogP contribution in [0.2, 0.25) is 0 Å². The van der Waals surface area contributed by atoms with E-state index in [1.807, 2.05) is 30.3 Å². The van der Waals surface area contributed by atoms with Crippen molar-refractivity contribution >= 4 is 33.5 Å². The van der Waals surface area contributed by atoms with E-state index in [2.05, 4.69) is 19.1 Å². The number of carbonyl (C=O) groups is 2.